The number of nitrogens with zero attached hydrogens (tertiary/aromatic N) is 3. The van der Waals surface area contributed by atoms with E-state index >= 15 is 0 Å². The van der Waals surface area contributed by atoms with Gasteiger partial charge in [-0.15, -0.1) is 0 Å². The van der Waals surface area contributed by atoms with Crippen molar-refractivity contribution in [2.24, 2.45) is 5.92 Å². The Morgan fingerprint density at radius 2 is 1.91 bits per heavy atom. The van der Waals surface area contributed by atoms with Crippen LogP contribution in [0.25, 0.3) is 0 Å². The largest absolute Gasteiger partial charge is 0.476 e. The Morgan fingerprint density at radius 3 is 2.48 bits per heavy atom. The zero-order valence-corrected chi connectivity index (χ0v) is 18.2. The molecule has 3 heterocycles. The second-order valence-electron chi connectivity index (χ2n) is 8.84. The molecule has 1 saturated carbocycles. The fraction of sp³-hybridized carbons (Fsp3) is 0.619. The minimum Gasteiger partial charge on any atom is -0.476 e. The fourth-order valence-electron chi connectivity index (χ4n) is 3.92. The van der Waals surface area contributed by atoms with E-state index in [4.69, 9.17) is 14.6 Å². The van der Waals surface area contributed by atoms with E-state index in [0.29, 0.717) is 18.2 Å². The van der Waals surface area contributed by atoms with Crippen LogP contribution in [0, 0.1) is 5.92 Å². The number of halogens is 2. The summed E-state index contributed by atoms with van der Waals surface area (Å²) in [6, 6.07) is 2.92. The van der Waals surface area contributed by atoms with E-state index in [1.165, 1.54) is 17.0 Å². The van der Waals surface area contributed by atoms with Crippen LogP contribution in [0.4, 0.5) is 19.3 Å². The molecule has 1 aromatic rings. The number of amides is 2. The summed E-state index contributed by atoms with van der Waals surface area (Å²) in [5, 5.41) is 11.9. The van der Waals surface area contributed by atoms with E-state index in [-0.39, 0.29) is 37.7 Å². The first-order valence-electron chi connectivity index (χ1n) is 10.8. The van der Waals surface area contributed by atoms with Crippen molar-refractivity contribution in [2.75, 3.05) is 44.3 Å². The summed E-state index contributed by atoms with van der Waals surface area (Å²) in [6.45, 7) is 1.15. The summed E-state index contributed by atoms with van der Waals surface area (Å²) in [4.78, 5) is 43.0. The molecule has 0 radical (unpaired) electrons. The highest BCUT2D eigenvalue weighted by atomic mass is 19.3. The molecule has 0 bridgehead atoms. The molecule has 180 valence electrons. The Balaban J connectivity index is 1.50. The van der Waals surface area contributed by atoms with Crippen LogP contribution in [-0.2, 0) is 9.53 Å². The maximum absolute atomic E-state index is 13.4. The number of anilines is 1. The van der Waals surface area contributed by atoms with Crippen molar-refractivity contribution in [3.8, 4) is 5.88 Å². The molecule has 2 saturated heterocycles. The number of pyridine rings is 1. The lowest BCUT2D eigenvalue weighted by Gasteiger charge is -2.48. The minimum absolute atomic E-state index is 0.0196. The van der Waals surface area contributed by atoms with Gasteiger partial charge in [0.1, 0.15) is 11.4 Å². The lowest BCUT2D eigenvalue weighted by Crippen LogP contribution is -2.71. The number of nitrogens with one attached hydrogen (secondary N) is 1. The van der Waals surface area contributed by atoms with Crippen LogP contribution in [0.1, 0.15) is 36.7 Å². The molecule has 12 heteroatoms. The van der Waals surface area contributed by atoms with Crippen LogP contribution in [0.15, 0.2) is 12.1 Å². The standard InChI is InChI=1S/C21H26F2N4O6/c1-2-32-16(28)7-20(9-27(10-20)19(30)31)25-17(29)14-5-6-15(26-11-21(22,23)12-26)18(24-14)33-8-13-3-4-13/h5-6,13H,2-4,7-12H2,1H3,(H,25,29)(H,30,31). The van der Waals surface area contributed by atoms with E-state index in [9.17, 15) is 23.2 Å². The zero-order valence-electron chi connectivity index (χ0n) is 18.2. The van der Waals surface area contributed by atoms with Gasteiger partial charge in [0.25, 0.3) is 11.8 Å². The van der Waals surface area contributed by atoms with E-state index in [1.54, 1.807) is 6.92 Å². The maximum atomic E-state index is 13.4. The maximum Gasteiger partial charge on any atom is 0.407 e. The number of likely N-dealkylation sites (tertiary alicyclic amines) is 1. The Kier molecular flexibility index (Phi) is 6.02. The Labute approximate surface area is 188 Å². The number of hydrogen-bond donors (Lipinski definition) is 2. The second-order valence-corrected chi connectivity index (χ2v) is 8.84. The predicted molar refractivity (Wildman–Crippen MR) is 111 cm³/mol. The molecular weight excluding hydrogens is 442 g/mol. The van der Waals surface area contributed by atoms with E-state index in [2.05, 4.69) is 10.3 Å². The van der Waals surface area contributed by atoms with Gasteiger partial charge in [-0.2, -0.15) is 0 Å². The van der Waals surface area contributed by atoms with E-state index in [1.807, 2.05) is 0 Å². The molecule has 0 aromatic carbocycles. The summed E-state index contributed by atoms with van der Waals surface area (Å²) in [6.07, 6.45) is 0.692. The van der Waals surface area contributed by atoms with Gasteiger partial charge in [0.15, 0.2) is 0 Å². The van der Waals surface area contributed by atoms with Crippen molar-refractivity contribution < 1.29 is 37.7 Å². The third-order valence-electron chi connectivity index (χ3n) is 5.83. The van der Waals surface area contributed by atoms with Crippen molar-refractivity contribution in [2.45, 2.75) is 37.6 Å². The molecule has 0 atom stereocenters. The number of ether oxygens (including phenoxy) is 2. The molecular formula is C21H26F2N4O6. The SMILES string of the molecule is CCOC(=O)CC1(NC(=O)c2ccc(N3CC(F)(F)C3)c(OCC3CC3)n2)CN(C(=O)O)C1. The number of alkyl halides is 2. The van der Waals surface area contributed by atoms with Gasteiger partial charge < -0.3 is 29.7 Å². The monoisotopic (exact) mass is 468 g/mol. The number of carbonyl (C=O) groups is 3. The lowest BCUT2D eigenvalue weighted by molar-refractivity contribution is -0.146. The van der Waals surface area contributed by atoms with Crippen LogP contribution < -0.4 is 15.0 Å². The lowest BCUT2D eigenvalue weighted by atomic mass is 9.86. The topological polar surface area (TPSA) is 121 Å². The summed E-state index contributed by atoms with van der Waals surface area (Å²) >= 11 is 0. The van der Waals surface area contributed by atoms with Gasteiger partial charge in [-0.05, 0) is 37.8 Å². The number of aromatic nitrogens is 1. The summed E-state index contributed by atoms with van der Waals surface area (Å²) < 4.78 is 37.4. The summed E-state index contributed by atoms with van der Waals surface area (Å²) in [7, 11) is 0. The zero-order chi connectivity index (χ0) is 23.8. The number of carbonyl (C=O) groups excluding carboxylic acids is 2. The minimum atomic E-state index is -2.77. The first kappa shape index (κ1) is 23.0. The number of esters is 1. The van der Waals surface area contributed by atoms with Gasteiger partial charge in [0.05, 0.1) is 38.3 Å². The van der Waals surface area contributed by atoms with Crippen LogP contribution in [0.2, 0.25) is 0 Å². The molecule has 0 unspecified atom stereocenters. The normalized spacial score (nSPS) is 20.3. The first-order chi connectivity index (χ1) is 15.6. The molecule has 1 aliphatic carbocycles. The predicted octanol–water partition coefficient (Wildman–Crippen LogP) is 1.74. The molecule has 2 N–H and O–H groups in total. The van der Waals surface area contributed by atoms with E-state index in [0.717, 1.165) is 17.7 Å². The smallest absolute Gasteiger partial charge is 0.407 e. The highest BCUT2D eigenvalue weighted by Crippen LogP contribution is 2.38. The quantitative estimate of drug-likeness (QED) is 0.526. The van der Waals surface area contributed by atoms with Crippen molar-refractivity contribution >= 4 is 23.7 Å². The van der Waals surface area contributed by atoms with Gasteiger partial charge in [-0.25, -0.2) is 18.6 Å². The summed E-state index contributed by atoms with van der Waals surface area (Å²) in [5.41, 5.74) is -0.745. The molecule has 3 aliphatic rings. The number of rotatable bonds is 9. The molecule has 2 aliphatic heterocycles. The molecule has 1 aromatic heterocycles. The van der Waals surface area contributed by atoms with Crippen LogP contribution in [0.5, 0.6) is 5.88 Å². The van der Waals surface area contributed by atoms with E-state index < -0.39 is 42.5 Å². The van der Waals surface area contributed by atoms with Gasteiger partial charge in [0.2, 0.25) is 5.88 Å². The first-order valence-corrected chi connectivity index (χ1v) is 10.8. The number of hydrogen-bond acceptors (Lipinski definition) is 7. The molecule has 0 spiro atoms. The van der Waals surface area contributed by atoms with Gasteiger partial charge in [-0.3, -0.25) is 9.59 Å². The third kappa shape index (κ3) is 5.25. The highest BCUT2D eigenvalue weighted by molar-refractivity contribution is 5.94. The van der Waals surface area contributed by atoms with Gasteiger partial charge >= 0.3 is 12.1 Å². The second kappa shape index (κ2) is 8.64. The number of carboxylic acid groups (broad SMARTS) is 1. The van der Waals surface area contributed by atoms with Crippen molar-refractivity contribution in [1.29, 1.82) is 0 Å². The Hall–Kier alpha value is -3.18. The third-order valence-corrected chi connectivity index (χ3v) is 5.83. The molecule has 10 nitrogen and oxygen atoms in total. The van der Waals surface area contributed by atoms with Crippen LogP contribution in [0.3, 0.4) is 0 Å². The van der Waals surface area contributed by atoms with Crippen molar-refractivity contribution in [3.05, 3.63) is 17.8 Å². The van der Waals surface area contributed by atoms with Gasteiger partial charge in [-0.1, -0.05) is 0 Å². The average Bonchev–Trinajstić information content (AvgIpc) is 3.52. The average molecular weight is 468 g/mol. The highest BCUT2D eigenvalue weighted by Gasteiger charge is 2.49. The fourth-order valence-corrected chi connectivity index (χ4v) is 3.92. The molecule has 4 rings (SSSR count). The molecule has 3 fully saturated rings. The Bertz CT molecular complexity index is 941. The molecule has 33 heavy (non-hydrogen) atoms. The van der Waals surface area contributed by atoms with Crippen molar-refractivity contribution in [1.82, 2.24) is 15.2 Å². The van der Waals surface area contributed by atoms with Gasteiger partial charge in [0, 0.05) is 13.1 Å². The van der Waals surface area contributed by atoms with Crippen molar-refractivity contribution in [3.63, 3.8) is 0 Å². The molecule has 2 amide bonds. The Morgan fingerprint density at radius 1 is 1.21 bits per heavy atom. The summed E-state index contributed by atoms with van der Waals surface area (Å²) in [5.74, 6) is -3.46. The van der Waals surface area contributed by atoms with Crippen LogP contribution >= 0.6 is 0 Å². The van der Waals surface area contributed by atoms with Crippen LogP contribution in [-0.4, -0.2) is 83.8 Å².